The Bertz CT molecular complexity index is 752. The second-order valence-corrected chi connectivity index (χ2v) is 8.19. The van der Waals surface area contributed by atoms with E-state index in [1.165, 1.54) is 8.61 Å². The predicted molar refractivity (Wildman–Crippen MR) is 85.8 cm³/mol. The summed E-state index contributed by atoms with van der Waals surface area (Å²) >= 11 is 0. The van der Waals surface area contributed by atoms with Gasteiger partial charge in [-0.05, 0) is 7.05 Å². The predicted octanol–water partition coefficient (Wildman–Crippen LogP) is 0.252. The highest BCUT2D eigenvalue weighted by molar-refractivity contribution is 7.86. The molecule has 1 aromatic rings. The summed E-state index contributed by atoms with van der Waals surface area (Å²) in [5, 5.41) is 0. The normalized spacial score (nSPS) is 21.3. The Kier molecular flexibility index (Phi) is 5.37. The maximum Gasteiger partial charge on any atom is 0.282 e. The zero-order chi connectivity index (χ0) is 19.1. The molecule has 0 amide bonds. The van der Waals surface area contributed by atoms with E-state index in [0.29, 0.717) is 26.2 Å². The van der Waals surface area contributed by atoms with Crippen molar-refractivity contribution in [1.82, 2.24) is 18.5 Å². The molecule has 0 bridgehead atoms. The van der Waals surface area contributed by atoms with Crippen molar-refractivity contribution in [1.29, 1.82) is 0 Å². The zero-order valence-corrected chi connectivity index (χ0v) is 14.9. The minimum absolute atomic E-state index is 0.0425. The van der Waals surface area contributed by atoms with Crippen LogP contribution in [0.1, 0.15) is 0 Å². The summed E-state index contributed by atoms with van der Waals surface area (Å²) in [5.74, 6) is -6.63. The molecule has 0 atom stereocenters. The Balaban J connectivity index is 1.72. The summed E-state index contributed by atoms with van der Waals surface area (Å²) in [5.41, 5.74) is -0.855. The summed E-state index contributed by atoms with van der Waals surface area (Å²) in [6.45, 7) is 1.69. The maximum absolute atomic E-state index is 13.9. The molecule has 3 rings (SSSR count). The minimum Gasteiger partial charge on any atom is -0.364 e. The molecule has 26 heavy (non-hydrogen) atoms. The van der Waals surface area contributed by atoms with Gasteiger partial charge in [-0.2, -0.15) is 39.6 Å². The molecular formula is C14H19F4N5O2S. The SMILES string of the molecule is CN1CCN(S(=O)(=O)N2CCN(c3c(F)c(F)nc(F)c3F)CC2)CC1. The number of rotatable bonds is 3. The second kappa shape index (κ2) is 7.25. The molecule has 2 aliphatic heterocycles. The first-order valence-corrected chi connectivity index (χ1v) is 9.50. The van der Waals surface area contributed by atoms with Gasteiger partial charge in [-0.3, -0.25) is 0 Å². The lowest BCUT2D eigenvalue weighted by atomic mass is 10.2. The Morgan fingerprint density at radius 3 is 1.65 bits per heavy atom. The lowest BCUT2D eigenvalue weighted by Gasteiger charge is -2.39. The quantitative estimate of drug-likeness (QED) is 0.541. The fourth-order valence-corrected chi connectivity index (χ4v) is 4.65. The van der Waals surface area contributed by atoms with Gasteiger partial charge in [0.1, 0.15) is 5.69 Å². The molecule has 146 valence electrons. The number of nitrogens with zero attached hydrogens (tertiary/aromatic N) is 5. The van der Waals surface area contributed by atoms with Gasteiger partial charge in [0.2, 0.25) is 11.6 Å². The van der Waals surface area contributed by atoms with Gasteiger partial charge < -0.3 is 9.80 Å². The Hall–Kier alpha value is -1.50. The van der Waals surface area contributed by atoms with E-state index in [1.807, 2.05) is 11.9 Å². The smallest absolute Gasteiger partial charge is 0.282 e. The van der Waals surface area contributed by atoms with Crippen molar-refractivity contribution >= 4 is 15.9 Å². The van der Waals surface area contributed by atoms with E-state index in [9.17, 15) is 26.0 Å². The average Bonchev–Trinajstić information content (AvgIpc) is 2.61. The molecule has 0 aliphatic carbocycles. The van der Waals surface area contributed by atoms with Gasteiger partial charge in [-0.1, -0.05) is 0 Å². The number of anilines is 1. The second-order valence-electron chi connectivity index (χ2n) is 6.27. The van der Waals surface area contributed by atoms with Gasteiger partial charge in [0, 0.05) is 52.4 Å². The Morgan fingerprint density at radius 2 is 1.19 bits per heavy atom. The summed E-state index contributed by atoms with van der Waals surface area (Å²) in [6, 6.07) is 0. The molecule has 0 unspecified atom stereocenters. The van der Waals surface area contributed by atoms with Crippen molar-refractivity contribution in [2.75, 3.05) is 64.3 Å². The monoisotopic (exact) mass is 397 g/mol. The molecule has 2 fully saturated rings. The zero-order valence-electron chi connectivity index (χ0n) is 14.1. The molecule has 2 saturated heterocycles. The molecule has 0 spiro atoms. The van der Waals surface area contributed by atoms with Gasteiger partial charge in [0.25, 0.3) is 22.1 Å². The van der Waals surface area contributed by atoms with E-state index in [1.54, 1.807) is 0 Å². The molecule has 2 aliphatic rings. The van der Waals surface area contributed by atoms with Crippen LogP contribution in [0.5, 0.6) is 0 Å². The average molecular weight is 397 g/mol. The number of pyridine rings is 1. The van der Waals surface area contributed by atoms with Crippen LogP contribution < -0.4 is 4.90 Å². The van der Waals surface area contributed by atoms with E-state index in [2.05, 4.69) is 4.98 Å². The summed E-state index contributed by atoms with van der Waals surface area (Å²) in [6.07, 6.45) is 0. The first kappa shape index (κ1) is 19.3. The molecule has 3 heterocycles. The van der Waals surface area contributed by atoms with Gasteiger partial charge in [-0.25, -0.2) is 0 Å². The van der Waals surface area contributed by atoms with Gasteiger partial charge >= 0.3 is 0 Å². The van der Waals surface area contributed by atoms with Crippen molar-refractivity contribution in [3.05, 3.63) is 23.5 Å². The number of hydrogen-bond acceptors (Lipinski definition) is 5. The van der Waals surface area contributed by atoms with Crippen molar-refractivity contribution in [3.63, 3.8) is 0 Å². The third kappa shape index (κ3) is 3.50. The number of hydrogen-bond donors (Lipinski definition) is 0. The van der Waals surface area contributed by atoms with Crippen molar-refractivity contribution < 1.29 is 26.0 Å². The highest BCUT2D eigenvalue weighted by Crippen LogP contribution is 2.27. The summed E-state index contributed by atoms with van der Waals surface area (Å²) in [7, 11) is -1.78. The molecular weight excluding hydrogens is 378 g/mol. The van der Waals surface area contributed by atoms with Crippen LogP contribution in [0.15, 0.2) is 0 Å². The van der Waals surface area contributed by atoms with Crippen LogP contribution in [0, 0.1) is 23.5 Å². The molecule has 0 N–H and O–H groups in total. The van der Waals surface area contributed by atoms with Crippen molar-refractivity contribution in [2.24, 2.45) is 0 Å². The van der Waals surface area contributed by atoms with Crippen LogP contribution in [-0.4, -0.2) is 86.3 Å². The van der Waals surface area contributed by atoms with Crippen LogP contribution >= 0.6 is 0 Å². The van der Waals surface area contributed by atoms with Crippen molar-refractivity contribution in [2.45, 2.75) is 0 Å². The number of aromatic nitrogens is 1. The standard InChI is InChI=1S/C14H19F4N5O2S/c1-20-2-6-22(7-3-20)26(24,25)23-8-4-21(5-9-23)12-10(15)13(17)19-14(18)11(12)16/h2-9H2,1H3. The maximum atomic E-state index is 13.9. The molecule has 1 aromatic heterocycles. The van der Waals surface area contributed by atoms with Crippen LogP contribution in [0.25, 0.3) is 0 Å². The fourth-order valence-electron chi connectivity index (χ4n) is 3.08. The molecule has 12 heteroatoms. The van der Waals surface area contributed by atoms with E-state index in [0.717, 1.165) is 4.90 Å². The van der Waals surface area contributed by atoms with Gasteiger partial charge in [-0.15, -0.1) is 0 Å². The van der Waals surface area contributed by atoms with Crippen LogP contribution in [0.3, 0.4) is 0 Å². The Morgan fingerprint density at radius 1 is 0.769 bits per heavy atom. The van der Waals surface area contributed by atoms with Crippen LogP contribution in [0.4, 0.5) is 23.2 Å². The third-order valence-corrected chi connectivity index (χ3v) is 6.68. The highest BCUT2D eigenvalue weighted by Gasteiger charge is 2.35. The molecule has 0 radical (unpaired) electrons. The number of halogens is 4. The van der Waals surface area contributed by atoms with E-state index in [4.69, 9.17) is 0 Å². The van der Waals surface area contributed by atoms with Crippen LogP contribution in [0.2, 0.25) is 0 Å². The summed E-state index contributed by atoms with van der Waals surface area (Å²) in [4.78, 5) is 5.63. The first-order valence-electron chi connectivity index (χ1n) is 8.10. The van der Waals surface area contributed by atoms with Crippen LogP contribution in [-0.2, 0) is 10.2 Å². The lowest BCUT2D eigenvalue weighted by molar-refractivity contribution is 0.210. The van der Waals surface area contributed by atoms with Crippen molar-refractivity contribution in [3.8, 4) is 0 Å². The van der Waals surface area contributed by atoms with E-state index in [-0.39, 0.29) is 26.2 Å². The van der Waals surface area contributed by atoms with Gasteiger partial charge in [0.05, 0.1) is 0 Å². The minimum atomic E-state index is -3.69. The van der Waals surface area contributed by atoms with Gasteiger partial charge in [0.15, 0.2) is 0 Å². The molecule has 7 nitrogen and oxygen atoms in total. The largest absolute Gasteiger partial charge is 0.364 e. The van der Waals surface area contributed by atoms with E-state index >= 15 is 0 Å². The molecule has 0 saturated carbocycles. The first-order chi connectivity index (χ1) is 12.2. The molecule has 0 aromatic carbocycles. The Labute approximate surface area is 149 Å². The summed E-state index contributed by atoms with van der Waals surface area (Å²) < 4.78 is 82.2. The topological polar surface area (TPSA) is 60.0 Å². The number of likely N-dealkylation sites (N-methyl/N-ethyl adjacent to an activating group) is 1. The third-order valence-electron chi connectivity index (χ3n) is 4.64. The van der Waals surface area contributed by atoms with E-state index < -0.39 is 39.4 Å². The highest BCUT2D eigenvalue weighted by atomic mass is 32.2. The lowest BCUT2D eigenvalue weighted by Crippen LogP contribution is -2.56. The fraction of sp³-hybridized carbons (Fsp3) is 0.643. The number of piperazine rings is 2.